The molecule has 0 saturated carbocycles. The number of carbonyl (C=O) groups excluding carboxylic acids is 1. The Balaban J connectivity index is 1.38. The van der Waals surface area contributed by atoms with Gasteiger partial charge in [-0.2, -0.15) is 0 Å². The molecule has 4 rings (SSSR count). The molecule has 5 nitrogen and oxygen atoms in total. The van der Waals surface area contributed by atoms with Gasteiger partial charge >= 0.3 is 0 Å². The van der Waals surface area contributed by atoms with Crippen molar-refractivity contribution < 1.29 is 18.7 Å². The zero-order valence-electron chi connectivity index (χ0n) is 14.9. The van der Waals surface area contributed by atoms with E-state index in [1.807, 2.05) is 54.6 Å². The topological polar surface area (TPSA) is 60.7 Å². The van der Waals surface area contributed by atoms with Crippen molar-refractivity contribution in [3.63, 3.8) is 0 Å². The second-order valence-electron chi connectivity index (χ2n) is 6.07. The lowest BCUT2D eigenvalue weighted by Gasteiger charge is -2.09. The summed E-state index contributed by atoms with van der Waals surface area (Å²) in [5, 5.41) is 5.81. The van der Waals surface area contributed by atoms with E-state index in [1.54, 1.807) is 19.2 Å². The van der Waals surface area contributed by atoms with Gasteiger partial charge in [0.05, 0.1) is 13.7 Å². The van der Waals surface area contributed by atoms with Crippen molar-refractivity contribution in [3.05, 3.63) is 72.5 Å². The molecule has 0 spiro atoms. The first-order chi connectivity index (χ1) is 13.3. The highest BCUT2D eigenvalue weighted by Crippen LogP contribution is 2.28. The quantitative estimate of drug-likeness (QED) is 0.517. The first-order valence-corrected chi connectivity index (χ1v) is 8.71. The third-order valence-electron chi connectivity index (χ3n) is 4.35. The van der Waals surface area contributed by atoms with Crippen molar-refractivity contribution in [1.29, 1.82) is 0 Å². The minimum absolute atomic E-state index is 0.250. The van der Waals surface area contributed by atoms with Crippen LogP contribution in [0, 0.1) is 0 Å². The van der Waals surface area contributed by atoms with E-state index >= 15 is 0 Å². The number of carbonyl (C=O) groups is 1. The number of hydrogen-bond donors (Lipinski definition) is 1. The molecule has 4 aromatic rings. The van der Waals surface area contributed by atoms with Gasteiger partial charge in [0.15, 0.2) is 17.1 Å². The molecule has 0 bridgehead atoms. The Morgan fingerprint density at radius 1 is 0.963 bits per heavy atom. The number of nitrogens with one attached hydrogen (secondary N) is 1. The second kappa shape index (κ2) is 7.41. The second-order valence-corrected chi connectivity index (χ2v) is 6.07. The first kappa shape index (κ1) is 17.0. The smallest absolute Gasteiger partial charge is 0.287 e. The summed E-state index contributed by atoms with van der Waals surface area (Å²) < 4.78 is 16.7. The van der Waals surface area contributed by atoms with E-state index < -0.39 is 0 Å². The molecular formula is C22H19NO4. The van der Waals surface area contributed by atoms with Crippen molar-refractivity contribution in [2.75, 3.05) is 20.3 Å². The van der Waals surface area contributed by atoms with Gasteiger partial charge in [0.1, 0.15) is 12.4 Å². The molecule has 0 aliphatic heterocycles. The average molecular weight is 361 g/mol. The Labute approximate surface area is 156 Å². The van der Waals surface area contributed by atoms with Crippen LogP contribution in [-0.2, 0) is 0 Å². The minimum atomic E-state index is -0.283. The van der Waals surface area contributed by atoms with Crippen LogP contribution in [-0.4, -0.2) is 26.2 Å². The summed E-state index contributed by atoms with van der Waals surface area (Å²) in [6.07, 6.45) is 0. The van der Waals surface area contributed by atoms with Crippen molar-refractivity contribution in [1.82, 2.24) is 5.32 Å². The van der Waals surface area contributed by atoms with E-state index in [0.29, 0.717) is 24.5 Å². The zero-order chi connectivity index (χ0) is 18.6. The average Bonchev–Trinajstić information content (AvgIpc) is 3.15. The molecule has 136 valence electrons. The van der Waals surface area contributed by atoms with Crippen LogP contribution in [0.3, 0.4) is 0 Å². The summed E-state index contributed by atoms with van der Waals surface area (Å²) in [5.74, 6) is 1.37. The molecule has 0 saturated heterocycles. The fraction of sp³-hybridized carbons (Fsp3) is 0.136. The monoisotopic (exact) mass is 361 g/mol. The molecule has 0 aliphatic carbocycles. The summed E-state index contributed by atoms with van der Waals surface area (Å²) in [6.45, 7) is 0.736. The van der Waals surface area contributed by atoms with Crippen molar-refractivity contribution in [2.45, 2.75) is 0 Å². The fourth-order valence-corrected chi connectivity index (χ4v) is 3.04. The largest absolute Gasteiger partial charge is 0.493 e. The van der Waals surface area contributed by atoms with Gasteiger partial charge in [-0.1, -0.05) is 48.5 Å². The van der Waals surface area contributed by atoms with Crippen LogP contribution in [0.5, 0.6) is 11.5 Å². The normalized spacial score (nSPS) is 10.9. The molecule has 1 heterocycles. The third kappa shape index (κ3) is 3.44. The number of para-hydroxylation sites is 1. The molecule has 1 N–H and O–H groups in total. The molecule has 0 unspecified atom stereocenters. The van der Waals surface area contributed by atoms with Crippen LogP contribution in [0.25, 0.3) is 21.7 Å². The number of ether oxygens (including phenoxy) is 2. The van der Waals surface area contributed by atoms with Gasteiger partial charge in [-0.3, -0.25) is 4.79 Å². The van der Waals surface area contributed by atoms with E-state index in [1.165, 1.54) is 0 Å². The van der Waals surface area contributed by atoms with Crippen molar-refractivity contribution in [3.8, 4) is 11.5 Å². The van der Waals surface area contributed by atoms with Crippen LogP contribution in [0.4, 0.5) is 0 Å². The summed E-state index contributed by atoms with van der Waals surface area (Å²) in [4.78, 5) is 12.3. The summed E-state index contributed by atoms with van der Waals surface area (Å²) in [7, 11) is 1.57. The Hall–Kier alpha value is -3.47. The molecule has 3 aromatic carbocycles. The van der Waals surface area contributed by atoms with E-state index in [4.69, 9.17) is 13.9 Å². The first-order valence-electron chi connectivity index (χ1n) is 8.71. The Morgan fingerprint density at radius 2 is 1.70 bits per heavy atom. The van der Waals surface area contributed by atoms with E-state index in [9.17, 15) is 4.79 Å². The van der Waals surface area contributed by atoms with Crippen molar-refractivity contribution >= 4 is 27.6 Å². The molecule has 27 heavy (non-hydrogen) atoms. The number of amides is 1. The number of fused-ring (bicyclic) bond motifs is 2. The van der Waals surface area contributed by atoms with Gasteiger partial charge in [0.25, 0.3) is 5.91 Å². The lowest BCUT2D eigenvalue weighted by atomic mass is 10.1. The van der Waals surface area contributed by atoms with Crippen LogP contribution < -0.4 is 14.8 Å². The van der Waals surface area contributed by atoms with Gasteiger partial charge in [-0.25, -0.2) is 0 Å². The zero-order valence-corrected chi connectivity index (χ0v) is 14.9. The van der Waals surface area contributed by atoms with Crippen LogP contribution in [0.2, 0.25) is 0 Å². The van der Waals surface area contributed by atoms with E-state index in [-0.39, 0.29) is 11.7 Å². The lowest BCUT2D eigenvalue weighted by molar-refractivity contribution is 0.0921. The van der Waals surface area contributed by atoms with Crippen LogP contribution >= 0.6 is 0 Å². The Bertz CT molecular complexity index is 1090. The van der Waals surface area contributed by atoms with Crippen LogP contribution in [0.1, 0.15) is 10.6 Å². The number of furan rings is 1. The maximum atomic E-state index is 12.3. The lowest BCUT2D eigenvalue weighted by Crippen LogP contribution is -2.27. The highest BCUT2D eigenvalue weighted by molar-refractivity contribution is 5.97. The molecule has 1 aromatic heterocycles. The number of hydrogen-bond acceptors (Lipinski definition) is 4. The number of methoxy groups -OCH3 is 1. The highest BCUT2D eigenvalue weighted by atomic mass is 16.5. The fourth-order valence-electron chi connectivity index (χ4n) is 3.04. The van der Waals surface area contributed by atoms with Crippen molar-refractivity contribution in [2.24, 2.45) is 0 Å². The summed E-state index contributed by atoms with van der Waals surface area (Å²) >= 11 is 0. The molecule has 0 aliphatic rings. The van der Waals surface area contributed by atoms with Crippen LogP contribution in [0.15, 0.2) is 71.1 Å². The third-order valence-corrected chi connectivity index (χ3v) is 4.35. The van der Waals surface area contributed by atoms with Gasteiger partial charge in [0, 0.05) is 10.8 Å². The maximum absolute atomic E-state index is 12.3. The molecule has 0 atom stereocenters. The maximum Gasteiger partial charge on any atom is 0.287 e. The van der Waals surface area contributed by atoms with Gasteiger partial charge < -0.3 is 19.2 Å². The summed E-state index contributed by atoms with van der Waals surface area (Å²) in [5.41, 5.74) is 0.567. The highest BCUT2D eigenvalue weighted by Gasteiger charge is 2.14. The van der Waals surface area contributed by atoms with Gasteiger partial charge in [0.2, 0.25) is 0 Å². The predicted molar refractivity (Wildman–Crippen MR) is 105 cm³/mol. The Morgan fingerprint density at radius 3 is 2.56 bits per heavy atom. The van der Waals surface area contributed by atoms with Gasteiger partial charge in [-0.05, 0) is 23.6 Å². The SMILES string of the molecule is COc1cccc2cc(C(=O)NCCOc3cccc4ccccc34)oc12. The minimum Gasteiger partial charge on any atom is -0.493 e. The molecule has 5 heteroatoms. The van der Waals surface area contributed by atoms with E-state index in [0.717, 1.165) is 21.9 Å². The molecule has 0 radical (unpaired) electrons. The Kier molecular flexibility index (Phi) is 4.66. The van der Waals surface area contributed by atoms with E-state index in [2.05, 4.69) is 5.32 Å². The van der Waals surface area contributed by atoms with Gasteiger partial charge in [-0.15, -0.1) is 0 Å². The molecule has 0 fully saturated rings. The number of rotatable bonds is 6. The molecule has 1 amide bonds. The predicted octanol–water partition coefficient (Wildman–Crippen LogP) is 4.40. The standard InChI is InChI=1S/C22H19NO4/c1-25-19-11-5-8-16-14-20(27-21(16)19)22(24)23-12-13-26-18-10-4-7-15-6-2-3-9-17(15)18/h2-11,14H,12-13H2,1H3,(H,23,24). The molecular weight excluding hydrogens is 342 g/mol. The number of benzene rings is 3. The summed E-state index contributed by atoms with van der Waals surface area (Å²) in [6, 6.07) is 21.2.